The van der Waals surface area contributed by atoms with Crippen LogP contribution in [-0.2, 0) is 19.4 Å². The maximum atomic E-state index is 14.8. The van der Waals surface area contributed by atoms with Gasteiger partial charge in [-0.1, -0.05) is 36.4 Å². The van der Waals surface area contributed by atoms with Gasteiger partial charge in [0.15, 0.2) is 23.0 Å². The van der Waals surface area contributed by atoms with Gasteiger partial charge in [-0.3, -0.25) is 0 Å². The monoisotopic (exact) mass is 440 g/mol. The van der Waals surface area contributed by atoms with Crippen molar-refractivity contribution in [3.63, 3.8) is 0 Å². The van der Waals surface area contributed by atoms with Crippen LogP contribution in [0.5, 0.6) is 23.0 Å². The highest BCUT2D eigenvalue weighted by Crippen LogP contribution is 2.44. The van der Waals surface area contributed by atoms with E-state index in [0.29, 0.717) is 11.1 Å². The molecule has 4 rings (SSSR count). The summed E-state index contributed by atoms with van der Waals surface area (Å²) < 4.78 is 60.3. The quantitative estimate of drug-likeness (QED) is 0.279. The third kappa shape index (κ3) is 4.31. The van der Waals surface area contributed by atoms with E-state index in [0.717, 1.165) is 24.0 Å². The Hall–Kier alpha value is -3.41. The number of halogens is 3. The molecule has 0 amide bonds. The molecule has 32 heavy (non-hydrogen) atoms. The average Bonchev–Trinajstić information content (AvgIpc) is 2.81. The molecule has 0 unspecified atom stereocenters. The van der Waals surface area contributed by atoms with Gasteiger partial charge < -0.3 is 14.2 Å². The molecule has 0 atom stereocenters. The summed E-state index contributed by atoms with van der Waals surface area (Å²) in [5, 5.41) is 0. The third-order valence-electron chi connectivity index (χ3n) is 5.29. The molecule has 0 saturated heterocycles. The molecule has 0 aromatic heterocycles. The largest absolute Gasteiger partial charge is 0.491 e. The predicted octanol–water partition coefficient (Wildman–Crippen LogP) is 6.90. The molecule has 0 bridgehead atoms. The summed E-state index contributed by atoms with van der Waals surface area (Å²) in [5.41, 5.74) is 2.90. The molecule has 6 heteroatoms. The first-order chi connectivity index (χ1) is 15.5. The molecule has 166 valence electrons. The van der Waals surface area contributed by atoms with Crippen LogP contribution in [0.4, 0.5) is 13.2 Å². The highest BCUT2D eigenvalue weighted by Gasteiger charge is 2.29. The van der Waals surface area contributed by atoms with E-state index in [-0.39, 0.29) is 42.6 Å². The summed E-state index contributed by atoms with van der Waals surface area (Å²) in [5.74, 6) is -3.79. The molecule has 3 nitrogen and oxygen atoms in total. The lowest BCUT2D eigenvalue weighted by Gasteiger charge is -2.23. The van der Waals surface area contributed by atoms with Crippen LogP contribution in [0.1, 0.15) is 35.6 Å². The Kier molecular flexibility index (Phi) is 6.40. The number of fused-ring (bicyclic) bond motifs is 2. The molecule has 3 aromatic rings. The predicted molar refractivity (Wildman–Crippen MR) is 116 cm³/mol. The molecule has 3 aromatic carbocycles. The zero-order valence-electron chi connectivity index (χ0n) is 17.7. The second kappa shape index (κ2) is 9.39. The molecule has 0 aliphatic carbocycles. The van der Waals surface area contributed by atoms with E-state index in [1.54, 1.807) is 13.0 Å². The zero-order valence-corrected chi connectivity index (χ0v) is 17.7. The van der Waals surface area contributed by atoms with E-state index in [1.165, 1.54) is 12.1 Å². The molecule has 1 aliphatic rings. The molecule has 0 saturated carbocycles. The van der Waals surface area contributed by atoms with Crippen molar-refractivity contribution in [2.45, 2.75) is 32.8 Å². The summed E-state index contributed by atoms with van der Waals surface area (Å²) in [6, 6.07) is 12.3. The van der Waals surface area contributed by atoms with E-state index < -0.39 is 17.5 Å². The molecule has 1 heterocycles. The first-order valence-electron chi connectivity index (χ1n) is 10.5. The fourth-order valence-corrected chi connectivity index (χ4v) is 3.62. The number of hydrogen-bond acceptors (Lipinski definition) is 3. The van der Waals surface area contributed by atoms with Crippen molar-refractivity contribution in [1.82, 2.24) is 0 Å². The first kappa shape index (κ1) is 21.8. The van der Waals surface area contributed by atoms with Gasteiger partial charge in [0.1, 0.15) is 6.61 Å². The van der Waals surface area contributed by atoms with Crippen LogP contribution in [0, 0.1) is 17.5 Å². The number of ether oxygens (including phenoxy) is 3. The Bertz CT molecular complexity index is 1140. The van der Waals surface area contributed by atoms with Gasteiger partial charge in [0.05, 0.1) is 6.61 Å². The summed E-state index contributed by atoms with van der Waals surface area (Å²) in [6.07, 6.45) is 3.82. The maximum Gasteiger partial charge on any atom is 0.207 e. The number of benzene rings is 3. The van der Waals surface area contributed by atoms with Gasteiger partial charge in [-0.2, -0.15) is 13.2 Å². The van der Waals surface area contributed by atoms with Crippen molar-refractivity contribution >= 4 is 0 Å². The number of rotatable bonds is 8. The van der Waals surface area contributed by atoms with Crippen LogP contribution in [0.25, 0.3) is 0 Å². The second-order valence-corrected chi connectivity index (χ2v) is 7.50. The van der Waals surface area contributed by atoms with Crippen LogP contribution < -0.4 is 14.2 Å². The molecule has 0 spiro atoms. The highest BCUT2D eigenvalue weighted by molar-refractivity contribution is 5.55. The highest BCUT2D eigenvalue weighted by atomic mass is 19.2. The van der Waals surface area contributed by atoms with Gasteiger partial charge in [0.25, 0.3) is 0 Å². The minimum absolute atomic E-state index is 0.00560. The summed E-state index contributed by atoms with van der Waals surface area (Å²) in [6.45, 7) is 5.79. The molecule has 0 radical (unpaired) electrons. The van der Waals surface area contributed by atoms with Crippen molar-refractivity contribution in [2.75, 3.05) is 6.61 Å². The number of hydrogen-bond donors (Lipinski definition) is 0. The van der Waals surface area contributed by atoms with E-state index in [9.17, 15) is 13.2 Å². The molecule has 0 N–H and O–H groups in total. The maximum absolute atomic E-state index is 14.8. The second-order valence-electron chi connectivity index (χ2n) is 7.50. The topological polar surface area (TPSA) is 27.7 Å². The standard InChI is InChI=1S/C26H23F3O3/c1-3-5-6-16-7-9-17(10-8-16)15-31-21-14-19-13-18-11-12-20(30-4-2)23(28)25(18)32-26(19)24(29)22(21)27/h3,7-12,14H,1,4-6,13,15H2,2H3. The summed E-state index contributed by atoms with van der Waals surface area (Å²) in [7, 11) is 0. The van der Waals surface area contributed by atoms with Gasteiger partial charge in [-0.05, 0) is 43.0 Å². The average molecular weight is 440 g/mol. The zero-order chi connectivity index (χ0) is 22.7. The first-order valence-corrected chi connectivity index (χ1v) is 10.5. The van der Waals surface area contributed by atoms with Crippen LogP contribution in [0.15, 0.2) is 55.1 Å². The SMILES string of the molecule is C=CCCc1ccc(COc2cc3c(c(F)c2F)Oc2c(ccc(OCC)c2F)C3)cc1. The fraction of sp³-hybridized carbons (Fsp3) is 0.231. The van der Waals surface area contributed by atoms with Gasteiger partial charge >= 0.3 is 0 Å². The minimum Gasteiger partial charge on any atom is -0.491 e. The smallest absolute Gasteiger partial charge is 0.207 e. The van der Waals surface area contributed by atoms with E-state index in [4.69, 9.17) is 14.2 Å². The van der Waals surface area contributed by atoms with Gasteiger partial charge in [0.2, 0.25) is 17.5 Å². The van der Waals surface area contributed by atoms with Gasteiger partial charge in [0, 0.05) is 17.5 Å². The van der Waals surface area contributed by atoms with Crippen LogP contribution >= 0.6 is 0 Å². The van der Waals surface area contributed by atoms with Crippen molar-refractivity contribution in [2.24, 2.45) is 0 Å². The van der Waals surface area contributed by atoms with Crippen molar-refractivity contribution in [3.05, 3.63) is 94.8 Å². The lowest BCUT2D eigenvalue weighted by molar-refractivity contribution is 0.278. The number of allylic oxidation sites excluding steroid dienone is 1. The Balaban J connectivity index is 1.54. The lowest BCUT2D eigenvalue weighted by Crippen LogP contribution is -2.10. The third-order valence-corrected chi connectivity index (χ3v) is 5.29. The fourth-order valence-electron chi connectivity index (χ4n) is 3.62. The molecule has 1 aliphatic heterocycles. The minimum atomic E-state index is -1.20. The van der Waals surface area contributed by atoms with E-state index in [1.807, 2.05) is 30.3 Å². The lowest BCUT2D eigenvalue weighted by atomic mass is 9.99. The Morgan fingerprint density at radius 1 is 0.875 bits per heavy atom. The van der Waals surface area contributed by atoms with Crippen molar-refractivity contribution in [1.29, 1.82) is 0 Å². The Morgan fingerprint density at radius 2 is 1.59 bits per heavy atom. The van der Waals surface area contributed by atoms with Crippen LogP contribution in [0.2, 0.25) is 0 Å². The van der Waals surface area contributed by atoms with Crippen molar-refractivity contribution < 1.29 is 27.4 Å². The van der Waals surface area contributed by atoms with Crippen LogP contribution in [-0.4, -0.2) is 6.61 Å². The van der Waals surface area contributed by atoms with Gasteiger partial charge in [-0.25, -0.2) is 0 Å². The summed E-state index contributed by atoms with van der Waals surface area (Å²) >= 11 is 0. The van der Waals surface area contributed by atoms with Crippen molar-refractivity contribution in [3.8, 4) is 23.0 Å². The normalized spacial score (nSPS) is 11.9. The molecular formula is C26H23F3O3. The Morgan fingerprint density at radius 3 is 2.31 bits per heavy atom. The van der Waals surface area contributed by atoms with E-state index >= 15 is 0 Å². The summed E-state index contributed by atoms with van der Waals surface area (Å²) in [4.78, 5) is 0. The molecule has 0 fully saturated rings. The van der Waals surface area contributed by atoms with E-state index in [2.05, 4.69) is 6.58 Å². The molecular weight excluding hydrogens is 417 g/mol. The number of aryl methyl sites for hydroxylation is 1. The Labute approximate surface area is 185 Å². The van der Waals surface area contributed by atoms with Gasteiger partial charge in [-0.15, -0.1) is 6.58 Å². The van der Waals surface area contributed by atoms with Crippen LogP contribution in [0.3, 0.4) is 0 Å².